The molecule has 27 heavy (non-hydrogen) atoms. The lowest BCUT2D eigenvalue weighted by atomic mass is 10.1. The van der Waals surface area contributed by atoms with Crippen LogP contribution in [0.2, 0.25) is 0 Å². The van der Waals surface area contributed by atoms with E-state index in [-0.39, 0.29) is 31.4 Å². The van der Waals surface area contributed by atoms with Gasteiger partial charge in [0.1, 0.15) is 12.2 Å². The van der Waals surface area contributed by atoms with Gasteiger partial charge < -0.3 is 14.9 Å². The van der Waals surface area contributed by atoms with E-state index in [1.54, 1.807) is 11.0 Å². The third-order valence-electron chi connectivity index (χ3n) is 5.18. The minimum absolute atomic E-state index is 0.0314. The van der Waals surface area contributed by atoms with Crippen molar-refractivity contribution in [1.82, 2.24) is 20.0 Å². The van der Waals surface area contributed by atoms with E-state index in [1.165, 1.54) is 4.90 Å². The number of aromatic nitrogens is 2. The molecular formula is C20H24N4O3. The Morgan fingerprint density at radius 2 is 2.00 bits per heavy atom. The minimum atomic E-state index is -0.766. The first-order valence-corrected chi connectivity index (χ1v) is 9.44. The van der Waals surface area contributed by atoms with Gasteiger partial charge in [-0.1, -0.05) is 30.3 Å². The van der Waals surface area contributed by atoms with Crippen LogP contribution in [0.3, 0.4) is 0 Å². The molecule has 4 rings (SSSR count). The summed E-state index contributed by atoms with van der Waals surface area (Å²) >= 11 is 0. The van der Waals surface area contributed by atoms with Crippen LogP contribution >= 0.6 is 0 Å². The summed E-state index contributed by atoms with van der Waals surface area (Å²) in [5, 5.41) is 17.4. The lowest BCUT2D eigenvalue weighted by Gasteiger charge is -2.21. The fourth-order valence-electron chi connectivity index (χ4n) is 3.49. The van der Waals surface area contributed by atoms with Crippen LogP contribution in [-0.4, -0.2) is 69.2 Å². The van der Waals surface area contributed by atoms with Gasteiger partial charge in [-0.15, -0.1) is 0 Å². The normalized spacial score (nSPS) is 20.6. The maximum absolute atomic E-state index is 12.7. The van der Waals surface area contributed by atoms with Gasteiger partial charge in [0.05, 0.1) is 6.10 Å². The lowest BCUT2D eigenvalue weighted by Crippen LogP contribution is -2.40. The summed E-state index contributed by atoms with van der Waals surface area (Å²) in [6, 6.07) is 11.7. The van der Waals surface area contributed by atoms with Crippen LogP contribution in [0.15, 0.2) is 36.4 Å². The third kappa shape index (κ3) is 4.19. The molecule has 0 spiro atoms. The van der Waals surface area contributed by atoms with Gasteiger partial charge in [-0.25, -0.2) is 0 Å². The molecule has 2 amide bonds. The Labute approximate surface area is 158 Å². The molecule has 1 unspecified atom stereocenters. The molecule has 2 aliphatic rings. The van der Waals surface area contributed by atoms with Crippen molar-refractivity contribution in [3.63, 3.8) is 0 Å². The Morgan fingerprint density at radius 1 is 1.22 bits per heavy atom. The zero-order chi connectivity index (χ0) is 18.8. The molecule has 1 aromatic carbocycles. The van der Waals surface area contributed by atoms with Crippen LogP contribution in [-0.2, 0) is 11.2 Å². The number of nitrogens with one attached hydrogen (secondary N) is 1. The first-order valence-electron chi connectivity index (χ1n) is 9.44. The second-order valence-electron chi connectivity index (χ2n) is 7.40. The summed E-state index contributed by atoms with van der Waals surface area (Å²) in [6.07, 6.45) is 2.19. The number of aromatic amines is 1. The van der Waals surface area contributed by atoms with Crippen molar-refractivity contribution in [3.8, 4) is 0 Å². The van der Waals surface area contributed by atoms with Crippen molar-refractivity contribution in [2.75, 3.05) is 26.2 Å². The molecule has 1 atom stereocenters. The molecule has 1 aromatic heterocycles. The highest BCUT2D eigenvalue weighted by molar-refractivity contribution is 5.95. The van der Waals surface area contributed by atoms with E-state index in [0.717, 1.165) is 30.5 Å². The van der Waals surface area contributed by atoms with E-state index < -0.39 is 6.10 Å². The maximum Gasteiger partial charge on any atom is 0.274 e. The highest BCUT2D eigenvalue weighted by Crippen LogP contribution is 2.39. The molecular weight excluding hydrogens is 344 g/mol. The average molecular weight is 368 g/mol. The Bertz CT molecular complexity index is 816. The fourth-order valence-corrected chi connectivity index (χ4v) is 3.49. The number of amides is 2. The van der Waals surface area contributed by atoms with E-state index in [9.17, 15) is 14.7 Å². The quantitative estimate of drug-likeness (QED) is 0.829. The van der Waals surface area contributed by atoms with Crippen LogP contribution in [0.25, 0.3) is 0 Å². The van der Waals surface area contributed by atoms with Gasteiger partial charge in [-0.2, -0.15) is 5.10 Å². The van der Waals surface area contributed by atoms with Crippen LogP contribution in [0, 0.1) is 0 Å². The summed E-state index contributed by atoms with van der Waals surface area (Å²) in [5.41, 5.74) is 2.43. The molecule has 0 bridgehead atoms. The van der Waals surface area contributed by atoms with E-state index in [4.69, 9.17) is 0 Å². The summed E-state index contributed by atoms with van der Waals surface area (Å²) in [6.45, 7) is 0.869. The molecule has 2 fully saturated rings. The topological polar surface area (TPSA) is 89.5 Å². The highest BCUT2D eigenvalue weighted by atomic mass is 16.3. The predicted molar refractivity (Wildman–Crippen MR) is 99.2 cm³/mol. The van der Waals surface area contributed by atoms with Crippen molar-refractivity contribution in [2.45, 2.75) is 31.3 Å². The number of H-pyrrole nitrogens is 1. The van der Waals surface area contributed by atoms with Gasteiger partial charge in [-0.3, -0.25) is 14.7 Å². The van der Waals surface area contributed by atoms with Crippen LogP contribution < -0.4 is 0 Å². The molecule has 142 valence electrons. The molecule has 1 saturated carbocycles. The highest BCUT2D eigenvalue weighted by Gasteiger charge is 2.32. The lowest BCUT2D eigenvalue weighted by molar-refractivity contribution is -0.131. The van der Waals surface area contributed by atoms with Crippen LogP contribution in [0.4, 0.5) is 0 Å². The number of carbonyl (C=O) groups is 2. The Kier molecular flexibility index (Phi) is 4.94. The molecule has 2 aromatic rings. The number of carbonyl (C=O) groups excluding carboxylic acids is 2. The van der Waals surface area contributed by atoms with Crippen molar-refractivity contribution >= 4 is 11.8 Å². The number of aliphatic hydroxyl groups is 1. The number of hydrogen-bond acceptors (Lipinski definition) is 4. The number of rotatable bonds is 5. The van der Waals surface area contributed by atoms with Crippen molar-refractivity contribution in [1.29, 1.82) is 0 Å². The van der Waals surface area contributed by atoms with Gasteiger partial charge >= 0.3 is 0 Å². The smallest absolute Gasteiger partial charge is 0.274 e. The number of hydrogen-bond donors (Lipinski definition) is 2. The second kappa shape index (κ2) is 7.52. The second-order valence-corrected chi connectivity index (χ2v) is 7.40. The van der Waals surface area contributed by atoms with Gasteiger partial charge in [0, 0.05) is 31.2 Å². The van der Waals surface area contributed by atoms with Gasteiger partial charge in [-0.05, 0) is 30.9 Å². The fraction of sp³-hybridized carbons (Fsp3) is 0.450. The SMILES string of the molecule is O=C1CN(C(=O)c2cc(C3CC3)[nH]n2)CC(O)CN1CCc1ccccc1. The largest absolute Gasteiger partial charge is 0.389 e. The minimum Gasteiger partial charge on any atom is -0.389 e. The van der Waals surface area contributed by atoms with Gasteiger partial charge in [0.25, 0.3) is 5.91 Å². The van der Waals surface area contributed by atoms with E-state index in [2.05, 4.69) is 10.2 Å². The summed E-state index contributed by atoms with van der Waals surface area (Å²) < 4.78 is 0. The Balaban J connectivity index is 1.40. The summed E-state index contributed by atoms with van der Waals surface area (Å²) in [5.74, 6) is 0.0214. The molecule has 2 heterocycles. The van der Waals surface area contributed by atoms with Crippen molar-refractivity contribution < 1.29 is 14.7 Å². The summed E-state index contributed by atoms with van der Waals surface area (Å²) in [7, 11) is 0. The predicted octanol–water partition coefficient (Wildman–Crippen LogP) is 1.18. The zero-order valence-corrected chi connectivity index (χ0v) is 15.2. The van der Waals surface area contributed by atoms with E-state index in [0.29, 0.717) is 18.2 Å². The number of nitrogens with zero attached hydrogens (tertiary/aromatic N) is 3. The zero-order valence-electron chi connectivity index (χ0n) is 15.2. The average Bonchev–Trinajstić information content (AvgIpc) is 3.43. The molecule has 7 heteroatoms. The third-order valence-corrected chi connectivity index (χ3v) is 5.18. The number of β-amino-alcohol motifs (C(OH)–C–C–N with tert-alkyl or cyclic N) is 1. The first kappa shape index (κ1) is 17.7. The van der Waals surface area contributed by atoms with Crippen molar-refractivity contribution in [2.24, 2.45) is 0 Å². The Morgan fingerprint density at radius 3 is 2.74 bits per heavy atom. The molecule has 7 nitrogen and oxygen atoms in total. The van der Waals surface area contributed by atoms with Gasteiger partial charge in [0.15, 0.2) is 0 Å². The maximum atomic E-state index is 12.7. The van der Waals surface area contributed by atoms with Gasteiger partial charge in [0.2, 0.25) is 5.91 Å². The monoisotopic (exact) mass is 368 g/mol. The molecule has 0 radical (unpaired) electrons. The number of aliphatic hydroxyl groups excluding tert-OH is 1. The van der Waals surface area contributed by atoms with Crippen molar-refractivity contribution in [3.05, 3.63) is 53.3 Å². The molecule has 2 N–H and O–H groups in total. The van der Waals surface area contributed by atoms with Crippen LogP contribution in [0.5, 0.6) is 0 Å². The van der Waals surface area contributed by atoms with E-state index >= 15 is 0 Å². The first-order chi connectivity index (χ1) is 13.1. The number of benzene rings is 1. The van der Waals surface area contributed by atoms with Crippen LogP contribution in [0.1, 0.15) is 40.5 Å². The van der Waals surface area contributed by atoms with E-state index in [1.807, 2.05) is 30.3 Å². The Hall–Kier alpha value is -2.67. The molecule has 1 saturated heterocycles. The molecule has 1 aliphatic heterocycles. The molecule has 1 aliphatic carbocycles. The summed E-state index contributed by atoms with van der Waals surface area (Å²) in [4.78, 5) is 28.4. The standard InChI is InChI=1S/C20H24N4O3/c25-16-11-23(9-8-14-4-2-1-3-5-14)19(26)13-24(12-16)20(27)18-10-17(21-22-18)15-6-7-15/h1-5,10,15-16,25H,6-9,11-13H2,(H,21,22).